The molecule has 2 N–H and O–H groups in total. The zero-order valence-corrected chi connectivity index (χ0v) is 13.9. The summed E-state index contributed by atoms with van der Waals surface area (Å²) in [6.07, 6.45) is 0. The number of benzene rings is 2. The molecule has 2 atom stereocenters. The van der Waals surface area contributed by atoms with Crippen LogP contribution in [0, 0.1) is 0 Å². The minimum absolute atomic E-state index is 0.233. The molecule has 0 saturated carbocycles. The lowest BCUT2D eigenvalue weighted by molar-refractivity contribution is -0.118. The van der Waals surface area contributed by atoms with E-state index in [0.29, 0.717) is 21.2 Å². The third-order valence-corrected chi connectivity index (χ3v) is 4.82. The molecule has 0 aliphatic carbocycles. The van der Waals surface area contributed by atoms with Crippen molar-refractivity contribution in [2.24, 2.45) is 0 Å². The SMILES string of the molecule is O=C1NC(c2ccc(Cl)cc2)C2=C1C(c1ccc(Cl)cc1)NC2=O. The normalized spacial score (nSPS) is 22.4. The van der Waals surface area contributed by atoms with E-state index < -0.39 is 12.1 Å². The maximum atomic E-state index is 12.5. The highest BCUT2D eigenvalue weighted by molar-refractivity contribution is 6.30. The topological polar surface area (TPSA) is 58.2 Å². The van der Waals surface area contributed by atoms with E-state index in [1.807, 2.05) is 24.3 Å². The lowest BCUT2D eigenvalue weighted by Gasteiger charge is -2.17. The summed E-state index contributed by atoms with van der Waals surface area (Å²) in [5, 5.41) is 6.99. The average molecular weight is 359 g/mol. The molecule has 0 bridgehead atoms. The highest BCUT2D eigenvalue weighted by Crippen LogP contribution is 2.41. The third-order valence-electron chi connectivity index (χ3n) is 4.31. The van der Waals surface area contributed by atoms with Crippen LogP contribution in [0.15, 0.2) is 59.7 Å². The Labute approximate surface area is 148 Å². The van der Waals surface area contributed by atoms with Gasteiger partial charge in [0.25, 0.3) is 11.8 Å². The molecule has 2 aliphatic rings. The largest absolute Gasteiger partial charge is 0.341 e. The van der Waals surface area contributed by atoms with Crippen LogP contribution in [-0.4, -0.2) is 11.8 Å². The number of carbonyl (C=O) groups excluding carboxylic acids is 2. The van der Waals surface area contributed by atoms with E-state index in [-0.39, 0.29) is 11.8 Å². The van der Waals surface area contributed by atoms with Crippen LogP contribution in [0.5, 0.6) is 0 Å². The molecular weight excluding hydrogens is 347 g/mol. The fourth-order valence-electron chi connectivity index (χ4n) is 3.19. The lowest BCUT2D eigenvalue weighted by atomic mass is 9.95. The summed E-state index contributed by atoms with van der Waals surface area (Å²) in [6, 6.07) is 13.3. The molecular formula is C18H12Cl2N2O2. The molecule has 0 fully saturated rings. The van der Waals surface area contributed by atoms with Gasteiger partial charge in [-0.15, -0.1) is 0 Å². The molecule has 120 valence electrons. The zero-order valence-electron chi connectivity index (χ0n) is 12.3. The van der Waals surface area contributed by atoms with Crippen LogP contribution in [0.1, 0.15) is 23.2 Å². The van der Waals surface area contributed by atoms with Crippen LogP contribution in [0.4, 0.5) is 0 Å². The molecule has 0 aromatic heterocycles. The van der Waals surface area contributed by atoms with E-state index >= 15 is 0 Å². The van der Waals surface area contributed by atoms with E-state index in [2.05, 4.69) is 10.6 Å². The molecule has 2 aromatic rings. The van der Waals surface area contributed by atoms with Crippen LogP contribution >= 0.6 is 23.2 Å². The van der Waals surface area contributed by atoms with Crippen molar-refractivity contribution in [1.29, 1.82) is 0 Å². The second-order valence-corrected chi connectivity index (χ2v) is 6.62. The van der Waals surface area contributed by atoms with Crippen LogP contribution in [-0.2, 0) is 9.59 Å². The second kappa shape index (κ2) is 5.65. The van der Waals surface area contributed by atoms with Crippen molar-refractivity contribution in [2.45, 2.75) is 12.1 Å². The number of amides is 2. The van der Waals surface area contributed by atoms with Gasteiger partial charge in [0, 0.05) is 10.0 Å². The number of hydrogen-bond acceptors (Lipinski definition) is 2. The molecule has 24 heavy (non-hydrogen) atoms. The van der Waals surface area contributed by atoms with Gasteiger partial charge in [-0.2, -0.15) is 0 Å². The van der Waals surface area contributed by atoms with Crippen molar-refractivity contribution < 1.29 is 9.59 Å². The van der Waals surface area contributed by atoms with Crippen LogP contribution in [0.3, 0.4) is 0 Å². The minimum Gasteiger partial charge on any atom is -0.341 e. The summed E-state index contributed by atoms with van der Waals surface area (Å²) >= 11 is 11.8. The maximum Gasteiger partial charge on any atom is 0.250 e. The van der Waals surface area contributed by atoms with Gasteiger partial charge in [-0.05, 0) is 35.4 Å². The van der Waals surface area contributed by atoms with E-state index in [0.717, 1.165) is 11.1 Å². The molecule has 4 nitrogen and oxygen atoms in total. The summed E-state index contributed by atoms with van der Waals surface area (Å²) in [7, 11) is 0. The molecule has 0 radical (unpaired) electrons. The first-order valence-corrected chi connectivity index (χ1v) is 8.17. The van der Waals surface area contributed by atoms with Gasteiger partial charge in [-0.25, -0.2) is 0 Å². The van der Waals surface area contributed by atoms with Gasteiger partial charge in [-0.3, -0.25) is 9.59 Å². The molecule has 4 rings (SSSR count). The first kappa shape index (κ1) is 15.2. The molecule has 0 spiro atoms. The molecule has 2 aliphatic heterocycles. The predicted octanol–water partition coefficient (Wildman–Crippen LogP) is 3.33. The Bertz CT molecular complexity index is 799. The van der Waals surface area contributed by atoms with Gasteiger partial charge < -0.3 is 10.6 Å². The number of rotatable bonds is 2. The first-order valence-electron chi connectivity index (χ1n) is 7.41. The van der Waals surface area contributed by atoms with E-state index in [9.17, 15) is 9.59 Å². The maximum absolute atomic E-state index is 12.5. The summed E-state index contributed by atoms with van der Waals surface area (Å²) in [5.41, 5.74) is 2.60. The smallest absolute Gasteiger partial charge is 0.250 e. The molecule has 2 aromatic carbocycles. The van der Waals surface area contributed by atoms with Gasteiger partial charge >= 0.3 is 0 Å². The fraction of sp³-hybridized carbons (Fsp3) is 0.111. The number of hydrogen-bond donors (Lipinski definition) is 2. The highest BCUT2D eigenvalue weighted by atomic mass is 35.5. The van der Waals surface area contributed by atoms with Gasteiger partial charge in [-0.1, -0.05) is 47.5 Å². The Hall–Kier alpha value is -2.30. The van der Waals surface area contributed by atoms with E-state index in [4.69, 9.17) is 23.2 Å². The Morgan fingerprint density at radius 2 is 0.958 bits per heavy atom. The Kier molecular flexibility index (Phi) is 3.59. The number of nitrogens with one attached hydrogen (secondary N) is 2. The van der Waals surface area contributed by atoms with Crippen molar-refractivity contribution in [1.82, 2.24) is 10.6 Å². The minimum atomic E-state index is -0.456. The van der Waals surface area contributed by atoms with Crippen molar-refractivity contribution in [3.63, 3.8) is 0 Å². The zero-order chi connectivity index (χ0) is 16.8. The van der Waals surface area contributed by atoms with Crippen LogP contribution in [0.2, 0.25) is 10.0 Å². The Morgan fingerprint density at radius 1 is 0.625 bits per heavy atom. The molecule has 2 unspecified atom stereocenters. The van der Waals surface area contributed by atoms with Crippen LogP contribution < -0.4 is 10.6 Å². The predicted molar refractivity (Wildman–Crippen MR) is 91.7 cm³/mol. The van der Waals surface area contributed by atoms with Crippen molar-refractivity contribution in [2.75, 3.05) is 0 Å². The van der Waals surface area contributed by atoms with E-state index in [1.165, 1.54) is 0 Å². The number of halogens is 2. The highest BCUT2D eigenvalue weighted by Gasteiger charge is 2.45. The summed E-state index contributed by atoms with van der Waals surface area (Å²) in [5.74, 6) is -0.466. The summed E-state index contributed by atoms with van der Waals surface area (Å²) in [4.78, 5) is 25.0. The van der Waals surface area contributed by atoms with Crippen molar-refractivity contribution in [3.8, 4) is 0 Å². The average Bonchev–Trinajstić information content (AvgIpc) is 3.08. The Balaban J connectivity index is 1.76. The monoisotopic (exact) mass is 358 g/mol. The van der Waals surface area contributed by atoms with Gasteiger partial charge in [0.1, 0.15) is 0 Å². The van der Waals surface area contributed by atoms with Crippen molar-refractivity contribution in [3.05, 3.63) is 80.8 Å². The van der Waals surface area contributed by atoms with Crippen molar-refractivity contribution >= 4 is 35.0 Å². The van der Waals surface area contributed by atoms with Gasteiger partial charge in [0.15, 0.2) is 0 Å². The van der Waals surface area contributed by atoms with Gasteiger partial charge in [0.05, 0.1) is 23.2 Å². The lowest BCUT2D eigenvalue weighted by Crippen LogP contribution is -2.33. The third kappa shape index (κ3) is 2.39. The first-order chi connectivity index (χ1) is 11.5. The number of carbonyl (C=O) groups is 2. The Morgan fingerprint density at radius 3 is 1.29 bits per heavy atom. The fourth-order valence-corrected chi connectivity index (χ4v) is 3.44. The molecule has 6 heteroatoms. The quantitative estimate of drug-likeness (QED) is 0.864. The summed E-state index contributed by atoms with van der Waals surface area (Å²) in [6.45, 7) is 0. The van der Waals surface area contributed by atoms with Crippen LogP contribution in [0.25, 0.3) is 0 Å². The summed E-state index contributed by atoms with van der Waals surface area (Å²) < 4.78 is 0. The molecule has 2 heterocycles. The van der Waals surface area contributed by atoms with Gasteiger partial charge in [0.2, 0.25) is 0 Å². The van der Waals surface area contributed by atoms with E-state index in [1.54, 1.807) is 24.3 Å². The molecule has 0 saturated heterocycles. The second-order valence-electron chi connectivity index (χ2n) is 5.74. The standard InChI is InChI=1S/C18H12Cl2N2O2/c19-11-5-1-9(2-6-11)15-13-14(18(24)21-15)16(22-17(13)23)10-3-7-12(20)8-4-10/h1-8,15-16H,(H,21,24)(H,22,23). The molecule has 2 amide bonds.